The maximum absolute atomic E-state index is 13.5. The van der Waals surface area contributed by atoms with Crippen molar-refractivity contribution in [2.75, 3.05) is 0 Å². The van der Waals surface area contributed by atoms with Gasteiger partial charge in [-0.1, -0.05) is 13.8 Å². The van der Waals surface area contributed by atoms with Gasteiger partial charge in [0.25, 0.3) is 0 Å². The molecule has 1 saturated carbocycles. The van der Waals surface area contributed by atoms with E-state index in [-0.39, 0.29) is 5.56 Å². The normalized spacial score (nSPS) is 25.7. The predicted octanol–water partition coefficient (Wildman–Crippen LogP) is 2.93. The Hall–Kier alpha value is -1.52. The third-order valence-corrected chi connectivity index (χ3v) is 3.45. The van der Waals surface area contributed by atoms with Gasteiger partial charge in [-0.2, -0.15) is 0 Å². The largest absolute Gasteiger partial charge is 0.481 e. The van der Waals surface area contributed by atoms with Gasteiger partial charge >= 0.3 is 5.97 Å². The first-order valence-electron chi connectivity index (χ1n) is 5.14. The molecule has 0 spiro atoms. The van der Waals surface area contributed by atoms with E-state index in [4.69, 9.17) is 5.11 Å². The molecule has 1 N–H and O–H groups in total. The number of carbonyl (C=O) groups is 1. The Morgan fingerprint density at radius 1 is 1.24 bits per heavy atom. The van der Waals surface area contributed by atoms with Crippen LogP contribution in [0.5, 0.6) is 0 Å². The highest BCUT2D eigenvalue weighted by Crippen LogP contribution is 2.65. The lowest BCUT2D eigenvalue weighted by atomic mass is 10.0. The van der Waals surface area contributed by atoms with Gasteiger partial charge in [-0.25, -0.2) is 13.2 Å². The molecule has 1 fully saturated rings. The third kappa shape index (κ3) is 1.69. The van der Waals surface area contributed by atoms with Crippen LogP contribution >= 0.6 is 0 Å². The van der Waals surface area contributed by atoms with E-state index in [0.29, 0.717) is 12.1 Å². The topological polar surface area (TPSA) is 37.3 Å². The summed E-state index contributed by atoms with van der Waals surface area (Å²) in [5.74, 6) is -5.73. The molecule has 1 aromatic rings. The number of carboxylic acid groups (broad SMARTS) is 1. The summed E-state index contributed by atoms with van der Waals surface area (Å²) in [6.45, 7) is 3.25. The molecule has 0 bridgehead atoms. The van der Waals surface area contributed by atoms with E-state index in [1.165, 1.54) is 0 Å². The Bertz CT molecular complexity index is 474. The first-order chi connectivity index (χ1) is 7.76. The lowest BCUT2D eigenvalue weighted by molar-refractivity contribution is -0.139. The Balaban J connectivity index is 2.47. The van der Waals surface area contributed by atoms with Crippen molar-refractivity contribution in [1.82, 2.24) is 0 Å². The summed E-state index contributed by atoms with van der Waals surface area (Å²) in [7, 11) is 0. The number of hydrogen-bond donors (Lipinski definition) is 1. The Kier molecular flexibility index (Phi) is 2.45. The van der Waals surface area contributed by atoms with Crippen LogP contribution in [-0.4, -0.2) is 11.1 Å². The second-order valence-corrected chi connectivity index (χ2v) is 4.90. The Labute approximate surface area is 96.1 Å². The average Bonchev–Trinajstić information content (AvgIpc) is 2.67. The quantitative estimate of drug-likeness (QED) is 0.868. The monoisotopic (exact) mass is 244 g/mol. The minimum atomic E-state index is -1.09. The van der Waals surface area contributed by atoms with Crippen LogP contribution in [0.4, 0.5) is 13.2 Å². The minimum Gasteiger partial charge on any atom is -0.481 e. The van der Waals surface area contributed by atoms with Gasteiger partial charge in [-0.05, 0) is 5.41 Å². The summed E-state index contributed by atoms with van der Waals surface area (Å²) in [6, 6.07) is 1.15. The summed E-state index contributed by atoms with van der Waals surface area (Å²) >= 11 is 0. The van der Waals surface area contributed by atoms with Crippen LogP contribution in [0.1, 0.15) is 25.3 Å². The molecule has 0 aliphatic heterocycles. The summed E-state index contributed by atoms with van der Waals surface area (Å²) < 4.78 is 39.8. The van der Waals surface area contributed by atoms with Gasteiger partial charge in [0.05, 0.1) is 5.92 Å². The van der Waals surface area contributed by atoms with Crippen LogP contribution in [0.2, 0.25) is 0 Å². The second-order valence-electron chi connectivity index (χ2n) is 4.90. The van der Waals surface area contributed by atoms with Gasteiger partial charge in [0, 0.05) is 23.6 Å². The first kappa shape index (κ1) is 12.0. The van der Waals surface area contributed by atoms with Gasteiger partial charge < -0.3 is 5.11 Å². The van der Waals surface area contributed by atoms with Crippen molar-refractivity contribution in [3.05, 3.63) is 35.1 Å². The molecule has 2 rings (SSSR count). The fraction of sp³-hybridized carbons (Fsp3) is 0.417. The molecule has 2 atom stereocenters. The van der Waals surface area contributed by atoms with Crippen molar-refractivity contribution < 1.29 is 23.1 Å². The molecule has 5 heteroatoms. The Morgan fingerprint density at radius 3 is 2.06 bits per heavy atom. The Morgan fingerprint density at radius 2 is 1.71 bits per heavy atom. The maximum atomic E-state index is 13.5. The number of halogens is 3. The predicted molar refractivity (Wildman–Crippen MR) is 54.0 cm³/mol. The standard InChI is InChI=1S/C12H11F3O2/c1-12(2)9(10(12)11(16)17)8-6(14)3-5(13)4-7(8)15/h3-4,9-10H,1-2H3,(H,16,17). The molecule has 0 radical (unpaired) electrons. The number of hydrogen-bond acceptors (Lipinski definition) is 1. The van der Waals surface area contributed by atoms with E-state index in [1.54, 1.807) is 13.8 Å². The molecule has 1 aliphatic rings. The van der Waals surface area contributed by atoms with E-state index in [2.05, 4.69) is 0 Å². The molecule has 2 unspecified atom stereocenters. The van der Waals surface area contributed by atoms with Crippen LogP contribution in [0.25, 0.3) is 0 Å². The molecule has 0 saturated heterocycles. The van der Waals surface area contributed by atoms with Gasteiger partial charge in [0.15, 0.2) is 0 Å². The number of benzene rings is 1. The van der Waals surface area contributed by atoms with Crippen molar-refractivity contribution >= 4 is 5.97 Å². The summed E-state index contributed by atoms with van der Waals surface area (Å²) in [4.78, 5) is 10.9. The van der Waals surface area contributed by atoms with Gasteiger partial charge in [0.1, 0.15) is 17.5 Å². The van der Waals surface area contributed by atoms with Crippen LogP contribution in [0.15, 0.2) is 12.1 Å². The second kappa shape index (κ2) is 3.48. The van der Waals surface area contributed by atoms with E-state index >= 15 is 0 Å². The van der Waals surface area contributed by atoms with Crippen molar-refractivity contribution in [1.29, 1.82) is 0 Å². The molecule has 0 amide bonds. The molecule has 0 aromatic heterocycles. The highest BCUT2D eigenvalue weighted by molar-refractivity contribution is 5.77. The zero-order valence-electron chi connectivity index (χ0n) is 9.30. The molecule has 1 aliphatic carbocycles. The molecule has 1 aromatic carbocycles. The zero-order chi connectivity index (χ0) is 13.0. The van der Waals surface area contributed by atoms with Crippen LogP contribution < -0.4 is 0 Å². The van der Waals surface area contributed by atoms with Gasteiger partial charge in [0.2, 0.25) is 0 Å². The smallest absolute Gasteiger partial charge is 0.307 e. The third-order valence-electron chi connectivity index (χ3n) is 3.45. The fourth-order valence-corrected chi connectivity index (χ4v) is 2.49. The van der Waals surface area contributed by atoms with Crippen LogP contribution in [0.3, 0.4) is 0 Å². The van der Waals surface area contributed by atoms with Crippen molar-refractivity contribution in [2.45, 2.75) is 19.8 Å². The summed E-state index contributed by atoms with van der Waals surface area (Å²) in [6.07, 6.45) is 0. The maximum Gasteiger partial charge on any atom is 0.307 e. The minimum absolute atomic E-state index is 0.330. The van der Waals surface area contributed by atoms with Crippen molar-refractivity contribution in [2.24, 2.45) is 11.3 Å². The van der Waals surface area contributed by atoms with Crippen molar-refractivity contribution in [3.63, 3.8) is 0 Å². The summed E-state index contributed by atoms with van der Waals surface area (Å²) in [5.41, 5.74) is -1.05. The number of aliphatic carboxylic acids is 1. The van der Waals surface area contributed by atoms with Crippen molar-refractivity contribution in [3.8, 4) is 0 Å². The highest BCUT2D eigenvalue weighted by atomic mass is 19.1. The molecule has 0 heterocycles. The van der Waals surface area contributed by atoms with E-state index in [0.717, 1.165) is 0 Å². The first-order valence-corrected chi connectivity index (χ1v) is 5.14. The van der Waals surface area contributed by atoms with E-state index in [9.17, 15) is 18.0 Å². The van der Waals surface area contributed by atoms with Gasteiger partial charge in [-0.15, -0.1) is 0 Å². The fourth-order valence-electron chi connectivity index (χ4n) is 2.49. The number of rotatable bonds is 2. The highest BCUT2D eigenvalue weighted by Gasteiger charge is 2.64. The molecule has 2 nitrogen and oxygen atoms in total. The van der Waals surface area contributed by atoms with Gasteiger partial charge in [-0.3, -0.25) is 4.79 Å². The van der Waals surface area contributed by atoms with Crippen LogP contribution in [0, 0.1) is 28.8 Å². The zero-order valence-corrected chi connectivity index (χ0v) is 9.30. The molecule has 92 valence electrons. The van der Waals surface area contributed by atoms with E-state index in [1.807, 2.05) is 0 Å². The SMILES string of the molecule is CC1(C)C(C(=O)O)C1c1c(F)cc(F)cc1F. The molecule has 17 heavy (non-hydrogen) atoms. The molecular weight excluding hydrogens is 233 g/mol. The number of carboxylic acids is 1. The lowest BCUT2D eigenvalue weighted by Gasteiger charge is -2.06. The molecular formula is C12H11F3O2. The van der Waals surface area contributed by atoms with Crippen LogP contribution in [-0.2, 0) is 4.79 Å². The average molecular weight is 244 g/mol. The van der Waals surface area contributed by atoms with E-state index < -0.39 is 40.7 Å². The summed E-state index contributed by atoms with van der Waals surface area (Å²) in [5, 5.41) is 8.94. The lowest BCUT2D eigenvalue weighted by Crippen LogP contribution is -2.03.